The molecule has 3 rings (SSSR count). The third kappa shape index (κ3) is 5.32. The number of amides is 2. The molecule has 1 aromatic carbocycles. The van der Waals surface area contributed by atoms with Gasteiger partial charge in [0.2, 0.25) is 0 Å². The van der Waals surface area contributed by atoms with Gasteiger partial charge in [-0.15, -0.1) is 0 Å². The minimum atomic E-state index is -0.0442. The number of rotatable bonds is 7. The summed E-state index contributed by atoms with van der Waals surface area (Å²) in [5.41, 5.74) is 1.43. The molecule has 0 bridgehead atoms. The van der Waals surface area contributed by atoms with Crippen LogP contribution in [0.5, 0.6) is 0 Å². The number of carbonyl (C=O) groups excluding carboxylic acids is 1. The highest BCUT2D eigenvalue weighted by molar-refractivity contribution is 5.73. The maximum absolute atomic E-state index is 12.4. The standard InChI is InChI=1S/C21H31N5O/c1-3-26-15-12-22-20(26)17-24(2)21(27)23-11-14-25-13-7-10-19(16-25)18-8-5-4-6-9-18/h4-6,8-9,12,15,19H,3,7,10-11,13-14,16-17H2,1-2H3,(H,23,27)/t19-/m1/s1. The molecule has 2 amide bonds. The Bertz CT molecular complexity index is 714. The topological polar surface area (TPSA) is 53.4 Å². The van der Waals surface area contributed by atoms with Gasteiger partial charge in [-0.25, -0.2) is 9.78 Å². The molecule has 2 aromatic rings. The Balaban J connectivity index is 1.41. The summed E-state index contributed by atoms with van der Waals surface area (Å²) in [4.78, 5) is 20.8. The molecule has 6 nitrogen and oxygen atoms in total. The average molecular weight is 370 g/mol. The number of urea groups is 1. The van der Waals surface area contributed by atoms with Gasteiger partial charge in [-0.05, 0) is 37.8 Å². The first kappa shape index (κ1) is 19.4. The first-order valence-corrected chi connectivity index (χ1v) is 9.93. The van der Waals surface area contributed by atoms with Gasteiger partial charge in [-0.1, -0.05) is 30.3 Å². The van der Waals surface area contributed by atoms with Crippen molar-refractivity contribution >= 4 is 6.03 Å². The lowest BCUT2D eigenvalue weighted by atomic mass is 9.91. The molecular weight excluding hydrogens is 338 g/mol. The average Bonchev–Trinajstić information content (AvgIpc) is 3.16. The maximum atomic E-state index is 12.4. The summed E-state index contributed by atoms with van der Waals surface area (Å²) in [6.07, 6.45) is 6.19. The molecule has 2 heterocycles. The lowest BCUT2D eigenvalue weighted by Crippen LogP contribution is -2.43. The highest BCUT2D eigenvalue weighted by atomic mass is 16.2. The van der Waals surface area contributed by atoms with Gasteiger partial charge in [0.1, 0.15) is 5.82 Å². The minimum Gasteiger partial charge on any atom is -0.337 e. The van der Waals surface area contributed by atoms with Crippen LogP contribution in [0, 0.1) is 0 Å². The number of benzene rings is 1. The lowest BCUT2D eigenvalue weighted by Gasteiger charge is -2.33. The third-order valence-electron chi connectivity index (χ3n) is 5.35. The van der Waals surface area contributed by atoms with Crippen LogP contribution >= 0.6 is 0 Å². The van der Waals surface area contributed by atoms with Crippen LogP contribution in [0.15, 0.2) is 42.7 Å². The molecule has 146 valence electrons. The van der Waals surface area contributed by atoms with Gasteiger partial charge in [-0.2, -0.15) is 0 Å². The molecule has 1 fully saturated rings. The van der Waals surface area contributed by atoms with E-state index in [-0.39, 0.29) is 6.03 Å². The molecule has 0 spiro atoms. The molecule has 6 heteroatoms. The Morgan fingerprint density at radius 3 is 2.93 bits per heavy atom. The van der Waals surface area contributed by atoms with Crippen LogP contribution in [0.3, 0.4) is 0 Å². The SMILES string of the molecule is CCn1ccnc1CN(C)C(=O)NCCN1CCC[C@@H](c2ccccc2)C1. The van der Waals surface area contributed by atoms with Gasteiger partial charge in [0.25, 0.3) is 0 Å². The monoisotopic (exact) mass is 369 g/mol. The number of aromatic nitrogens is 2. The van der Waals surface area contributed by atoms with Gasteiger partial charge >= 0.3 is 6.03 Å². The van der Waals surface area contributed by atoms with Crippen LogP contribution < -0.4 is 5.32 Å². The summed E-state index contributed by atoms with van der Waals surface area (Å²) in [6.45, 7) is 7.22. The summed E-state index contributed by atoms with van der Waals surface area (Å²) in [7, 11) is 1.82. The number of carbonyl (C=O) groups is 1. The first-order chi connectivity index (χ1) is 13.2. The van der Waals surface area contributed by atoms with Crippen LogP contribution in [-0.2, 0) is 13.1 Å². The summed E-state index contributed by atoms with van der Waals surface area (Å²) in [5.74, 6) is 1.52. The van der Waals surface area contributed by atoms with Crippen LogP contribution in [0.25, 0.3) is 0 Å². The number of nitrogens with one attached hydrogen (secondary N) is 1. The summed E-state index contributed by atoms with van der Waals surface area (Å²) < 4.78 is 2.06. The van der Waals surface area contributed by atoms with Crippen LogP contribution in [-0.4, -0.2) is 58.6 Å². The normalized spacial score (nSPS) is 17.6. The van der Waals surface area contributed by atoms with Crippen molar-refractivity contribution in [3.05, 3.63) is 54.1 Å². The quantitative estimate of drug-likeness (QED) is 0.816. The molecule has 0 aliphatic carbocycles. The maximum Gasteiger partial charge on any atom is 0.317 e. The van der Waals surface area contributed by atoms with Crippen LogP contribution in [0.2, 0.25) is 0 Å². The minimum absolute atomic E-state index is 0.0442. The van der Waals surface area contributed by atoms with E-state index in [0.717, 1.165) is 32.0 Å². The van der Waals surface area contributed by atoms with E-state index < -0.39 is 0 Å². The second kappa shape index (κ2) is 9.55. The molecule has 0 saturated carbocycles. The Morgan fingerprint density at radius 1 is 1.33 bits per heavy atom. The van der Waals surface area contributed by atoms with Gasteiger partial charge in [0.05, 0.1) is 6.54 Å². The Kier molecular flexibility index (Phi) is 6.87. The van der Waals surface area contributed by atoms with Crippen molar-refractivity contribution < 1.29 is 4.79 Å². The second-order valence-electron chi connectivity index (χ2n) is 7.27. The second-order valence-corrected chi connectivity index (χ2v) is 7.27. The van der Waals surface area contributed by atoms with Crippen molar-refractivity contribution in [1.82, 2.24) is 24.7 Å². The van der Waals surface area contributed by atoms with Gasteiger partial charge in [0.15, 0.2) is 0 Å². The molecular formula is C21H31N5O. The molecule has 1 atom stereocenters. The first-order valence-electron chi connectivity index (χ1n) is 9.93. The number of imidazole rings is 1. The van der Waals surface area contributed by atoms with Gasteiger partial charge in [0, 0.05) is 45.6 Å². The molecule has 0 radical (unpaired) electrons. The van der Waals surface area contributed by atoms with Crippen LogP contribution in [0.4, 0.5) is 4.79 Å². The number of hydrogen-bond acceptors (Lipinski definition) is 3. The van der Waals surface area contributed by atoms with Crippen molar-refractivity contribution in [3.63, 3.8) is 0 Å². The van der Waals surface area contributed by atoms with Crippen LogP contribution in [0.1, 0.15) is 37.1 Å². The largest absolute Gasteiger partial charge is 0.337 e. The molecule has 1 aliphatic rings. The number of likely N-dealkylation sites (tertiary alicyclic amines) is 1. The summed E-state index contributed by atoms with van der Waals surface area (Å²) >= 11 is 0. The van der Waals surface area contributed by atoms with Gasteiger partial charge in [-0.3, -0.25) is 0 Å². The number of aryl methyl sites for hydroxylation is 1. The number of nitrogens with zero attached hydrogens (tertiary/aromatic N) is 4. The van der Waals surface area contributed by atoms with Crippen molar-refractivity contribution in [2.45, 2.75) is 38.8 Å². The smallest absolute Gasteiger partial charge is 0.317 e. The predicted molar refractivity (Wildman–Crippen MR) is 108 cm³/mol. The molecule has 1 N–H and O–H groups in total. The predicted octanol–water partition coefficient (Wildman–Crippen LogP) is 2.92. The summed E-state index contributed by atoms with van der Waals surface area (Å²) in [5, 5.41) is 3.04. The Labute approximate surface area is 162 Å². The van der Waals surface area contributed by atoms with Crippen molar-refractivity contribution in [2.24, 2.45) is 0 Å². The van der Waals surface area contributed by atoms with Gasteiger partial charge < -0.3 is 19.7 Å². The van der Waals surface area contributed by atoms with E-state index in [2.05, 4.69) is 57.0 Å². The zero-order chi connectivity index (χ0) is 19.1. The number of piperidine rings is 1. The highest BCUT2D eigenvalue weighted by Gasteiger charge is 2.21. The fraction of sp³-hybridized carbons (Fsp3) is 0.524. The van der Waals surface area contributed by atoms with Crippen molar-refractivity contribution in [1.29, 1.82) is 0 Å². The molecule has 0 unspecified atom stereocenters. The molecule has 27 heavy (non-hydrogen) atoms. The number of hydrogen-bond donors (Lipinski definition) is 1. The molecule has 1 saturated heterocycles. The van der Waals surface area contributed by atoms with Crippen molar-refractivity contribution in [2.75, 3.05) is 33.2 Å². The van der Waals surface area contributed by atoms with Crippen molar-refractivity contribution in [3.8, 4) is 0 Å². The fourth-order valence-electron chi connectivity index (χ4n) is 3.78. The van der Waals surface area contributed by atoms with E-state index in [1.807, 2.05) is 13.2 Å². The zero-order valence-electron chi connectivity index (χ0n) is 16.5. The van der Waals surface area contributed by atoms with E-state index >= 15 is 0 Å². The Hall–Kier alpha value is -2.34. The highest BCUT2D eigenvalue weighted by Crippen LogP contribution is 2.26. The molecule has 1 aromatic heterocycles. The molecule has 1 aliphatic heterocycles. The lowest BCUT2D eigenvalue weighted by molar-refractivity contribution is 0.191. The zero-order valence-corrected chi connectivity index (χ0v) is 16.5. The Morgan fingerprint density at radius 2 is 2.15 bits per heavy atom. The van der Waals surface area contributed by atoms with E-state index in [0.29, 0.717) is 19.0 Å². The van der Waals surface area contributed by atoms with E-state index in [1.165, 1.54) is 18.4 Å². The van der Waals surface area contributed by atoms with E-state index in [9.17, 15) is 4.79 Å². The van der Waals surface area contributed by atoms with E-state index in [1.54, 1.807) is 11.1 Å². The summed E-state index contributed by atoms with van der Waals surface area (Å²) in [6, 6.07) is 10.7. The van der Waals surface area contributed by atoms with E-state index in [4.69, 9.17) is 0 Å². The third-order valence-corrected chi connectivity index (χ3v) is 5.35. The fourth-order valence-corrected chi connectivity index (χ4v) is 3.78.